The summed E-state index contributed by atoms with van der Waals surface area (Å²) in [7, 11) is -1.40. The van der Waals surface area contributed by atoms with Crippen molar-refractivity contribution in [2.75, 3.05) is 18.6 Å². The van der Waals surface area contributed by atoms with Gasteiger partial charge in [0.15, 0.2) is 15.0 Å². The molecule has 0 aliphatic carbocycles. The van der Waals surface area contributed by atoms with E-state index in [1.165, 1.54) is 16.8 Å². The lowest BCUT2D eigenvalue weighted by Gasteiger charge is -2.17. The predicted octanol–water partition coefficient (Wildman–Crippen LogP) is 1.76. The monoisotopic (exact) mass is 405 g/mol. The summed E-state index contributed by atoms with van der Waals surface area (Å²) in [6, 6.07) is 7.15. The number of fused-ring (bicyclic) bond motifs is 1. The highest BCUT2D eigenvalue weighted by molar-refractivity contribution is 8.93. The van der Waals surface area contributed by atoms with Crippen LogP contribution < -0.4 is 4.74 Å². The van der Waals surface area contributed by atoms with Gasteiger partial charge in [0.25, 0.3) is 0 Å². The number of rotatable bonds is 3. The number of amidine groups is 1. The molecule has 0 bridgehead atoms. The minimum atomic E-state index is -3.00. The average Bonchev–Trinajstić information content (AvgIpc) is 2.88. The van der Waals surface area contributed by atoms with Crippen molar-refractivity contribution in [3.63, 3.8) is 0 Å². The fraction of sp³-hybridized carbons (Fsp3) is 0.385. The molecule has 0 spiro atoms. The third-order valence-electron chi connectivity index (χ3n) is 3.50. The first-order chi connectivity index (χ1) is 9.98. The number of halogens is 1. The second kappa shape index (κ2) is 6.59. The number of sulfone groups is 1. The minimum Gasteiger partial charge on any atom is -0.497 e. The van der Waals surface area contributed by atoms with Crippen LogP contribution in [0.25, 0.3) is 0 Å². The molecule has 2 heterocycles. The fourth-order valence-corrected chi connectivity index (χ4v) is 6.16. The third-order valence-corrected chi connectivity index (χ3v) is 6.63. The Morgan fingerprint density at radius 2 is 2.05 bits per heavy atom. The Balaban J connectivity index is 0.00000176. The van der Waals surface area contributed by atoms with Crippen molar-refractivity contribution in [3.8, 4) is 5.75 Å². The molecule has 0 saturated carbocycles. The normalized spacial score (nSPS) is 26.0. The van der Waals surface area contributed by atoms with Gasteiger partial charge in [-0.2, -0.15) is 5.10 Å². The van der Waals surface area contributed by atoms with Crippen LogP contribution in [0.3, 0.4) is 0 Å². The summed E-state index contributed by atoms with van der Waals surface area (Å²) in [5.41, 5.74) is 0.873. The molecule has 2 atom stereocenters. The molecule has 2 saturated heterocycles. The van der Waals surface area contributed by atoms with Gasteiger partial charge in [-0.05, 0) is 29.8 Å². The van der Waals surface area contributed by atoms with Crippen LogP contribution in [0.2, 0.25) is 0 Å². The van der Waals surface area contributed by atoms with E-state index in [2.05, 4.69) is 5.10 Å². The van der Waals surface area contributed by atoms with Crippen molar-refractivity contribution in [2.24, 2.45) is 5.10 Å². The van der Waals surface area contributed by atoms with E-state index in [4.69, 9.17) is 10.1 Å². The third kappa shape index (κ3) is 3.47. The van der Waals surface area contributed by atoms with Crippen LogP contribution in [0.4, 0.5) is 0 Å². The summed E-state index contributed by atoms with van der Waals surface area (Å²) < 4.78 is 28.4. The van der Waals surface area contributed by atoms with Gasteiger partial charge in [-0.1, -0.05) is 11.8 Å². The van der Waals surface area contributed by atoms with Crippen molar-refractivity contribution in [1.82, 2.24) is 5.01 Å². The lowest BCUT2D eigenvalue weighted by atomic mass is 10.2. The number of thioether (sulfide) groups is 1. The van der Waals surface area contributed by atoms with Gasteiger partial charge in [-0.15, -0.1) is 17.0 Å². The minimum absolute atomic E-state index is 0. The number of methoxy groups -OCH3 is 1. The molecule has 120 valence electrons. The molecular weight excluding hydrogens is 390 g/mol. The Morgan fingerprint density at radius 1 is 1.36 bits per heavy atom. The zero-order chi connectivity index (χ0) is 15.0. The first-order valence-electron chi connectivity index (χ1n) is 6.41. The maximum Gasteiger partial charge on any atom is 0.177 e. The highest BCUT2D eigenvalue weighted by Crippen LogP contribution is 2.37. The summed E-state index contributed by atoms with van der Waals surface area (Å²) in [4.78, 5) is 0. The van der Waals surface area contributed by atoms with Crippen molar-refractivity contribution < 1.29 is 13.2 Å². The van der Waals surface area contributed by atoms with E-state index in [9.17, 15) is 8.42 Å². The predicted molar refractivity (Wildman–Crippen MR) is 94.3 cm³/mol. The van der Waals surface area contributed by atoms with Crippen molar-refractivity contribution in [2.45, 2.75) is 11.3 Å². The Morgan fingerprint density at radius 3 is 2.68 bits per heavy atom. The number of hydrazone groups is 1. The van der Waals surface area contributed by atoms with E-state index in [-0.39, 0.29) is 39.8 Å². The van der Waals surface area contributed by atoms with E-state index < -0.39 is 9.84 Å². The summed E-state index contributed by atoms with van der Waals surface area (Å²) in [5.74, 6) is 0.977. The highest BCUT2D eigenvalue weighted by atomic mass is 79.9. The number of hydrogen-bond donors (Lipinski definition) is 1. The molecule has 2 fully saturated rings. The van der Waals surface area contributed by atoms with Gasteiger partial charge in [0.2, 0.25) is 0 Å². The molecule has 0 aromatic heterocycles. The van der Waals surface area contributed by atoms with Crippen LogP contribution in [0.15, 0.2) is 29.4 Å². The van der Waals surface area contributed by atoms with Crippen LogP contribution in [-0.4, -0.2) is 54.7 Å². The lowest BCUT2D eigenvalue weighted by molar-refractivity contribution is 0.376. The van der Waals surface area contributed by atoms with Crippen LogP contribution in [0, 0.1) is 5.41 Å². The Bertz CT molecular complexity index is 691. The maximum atomic E-state index is 11.7. The molecule has 1 N–H and O–H groups in total. The standard InChI is InChI=1S/C13H15N3O3S2.BrH/c1-19-10-4-2-9(3-5-10)6-15-16-11-7-21(17,18)8-12(11)20-13(16)14;/h2-6,11-12,14H,7-8H2,1H3;1H/b14-13?,15-6+;. The second-order valence-electron chi connectivity index (χ2n) is 4.97. The second-order valence-corrected chi connectivity index (χ2v) is 8.35. The Kier molecular flexibility index (Phi) is 5.18. The van der Waals surface area contributed by atoms with Gasteiger partial charge in [0.1, 0.15) is 5.75 Å². The molecule has 2 aliphatic rings. The molecule has 2 aliphatic heterocycles. The molecule has 1 aromatic rings. The lowest BCUT2D eigenvalue weighted by Crippen LogP contribution is -2.32. The van der Waals surface area contributed by atoms with Crippen molar-refractivity contribution in [3.05, 3.63) is 29.8 Å². The Labute approximate surface area is 144 Å². The number of hydrogen-bond acceptors (Lipinski definition) is 6. The number of nitrogens with zero attached hydrogens (tertiary/aromatic N) is 2. The summed E-state index contributed by atoms with van der Waals surface area (Å²) in [6.45, 7) is 0. The number of benzene rings is 1. The van der Waals surface area contributed by atoms with Crippen LogP contribution in [-0.2, 0) is 9.84 Å². The van der Waals surface area contributed by atoms with E-state index >= 15 is 0 Å². The van der Waals surface area contributed by atoms with E-state index in [1.807, 2.05) is 24.3 Å². The molecule has 0 amide bonds. The molecule has 3 rings (SSSR count). The summed E-state index contributed by atoms with van der Waals surface area (Å²) in [6.07, 6.45) is 1.64. The van der Waals surface area contributed by atoms with Crippen LogP contribution in [0.1, 0.15) is 5.56 Å². The molecular formula is C13H16BrN3O3S2. The topological polar surface area (TPSA) is 82.8 Å². The van der Waals surface area contributed by atoms with Gasteiger partial charge in [-0.3, -0.25) is 5.41 Å². The van der Waals surface area contributed by atoms with Crippen molar-refractivity contribution >= 4 is 50.0 Å². The molecule has 9 heteroatoms. The number of ether oxygens (including phenoxy) is 1. The average molecular weight is 406 g/mol. The van der Waals surface area contributed by atoms with E-state index in [1.54, 1.807) is 13.3 Å². The zero-order valence-electron chi connectivity index (χ0n) is 11.8. The van der Waals surface area contributed by atoms with E-state index in [0.29, 0.717) is 5.17 Å². The highest BCUT2D eigenvalue weighted by Gasteiger charge is 2.48. The van der Waals surface area contributed by atoms with Gasteiger partial charge >= 0.3 is 0 Å². The first-order valence-corrected chi connectivity index (χ1v) is 9.11. The molecule has 22 heavy (non-hydrogen) atoms. The Hall–Kier alpha value is -1.06. The summed E-state index contributed by atoms with van der Waals surface area (Å²) >= 11 is 1.28. The van der Waals surface area contributed by atoms with Crippen LogP contribution in [0.5, 0.6) is 5.75 Å². The van der Waals surface area contributed by atoms with Gasteiger partial charge < -0.3 is 4.74 Å². The largest absolute Gasteiger partial charge is 0.497 e. The molecule has 1 aromatic carbocycles. The zero-order valence-corrected chi connectivity index (χ0v) is 15.1. The summed E-state index contributed by atoms with van der Waals surface area (Å²) in [5, 5.41) is 14.0. The smallest absolute Gasteiger partial charge is 0.177 e. The van der Waals surface area contributed by atoms with Gasteiger partial charge in [0, 0.05) is 5.25 Å². The fourth-order valence-electron chi connectivity index (χ4n) is 2.44. The van der Waals surface area contributed by atoms with Crippen molar-refractivity contribution in [1.29, 1.82) is 5.41 Å². The quantitative estimate of drug-likeness (QED) is 0.774. The van der Waals surface area contributed by atoms with E-state index in [0.717, 1.165) is 11.3 Å². The van der Waals surface area contributed by atoms with Crippen LogP contribution >= 0.6 is 28.7 Å². The molecule has 0 radical (unpaired) electrons. The number of nitrogens with one attached hydrogen (secondary N) is 1. The van der Waals surface area contributed by atoms with Gasteiger partial charge in [0.05, 0.1) is 30.9 Å². The first kappa shape index (κ1) is 17.3. The SMILES string of the molecule is Br.COc1ccc(/C=N/N2C(=N)SC3CS(=O)(=O)CC32)cc1. The maximum absolute atomic E-state index is 11.7. The van der Waals surface area contributed by atoms with Gasteiger partial charge in [-0.25, -0.2) is 13.4 Å². The molecule has 2 unspecified atom stereocenters. The molecule has 6 nitrogen and oxygen atoms in total.